The van der Waals surface area contributed by atoms with Gasteiger partial charge in [-0.05, 0) is 33.6 Å². The van der Waals surface area contributed by atoms with E-state index >= 15 is 0 Å². The molecule has 0 aliphatic carbocycles. The zero-order chi connectivity index (χ0) is 13.5. The number of rotatable bonds is 8. The Hall–Kier alpha value is -0.610. The summed E-state index contributed by atoms with van der Waals surface area (Å²) in [5.74, 6) is 0.0476. The predicted molar refractivity (Wildman–Crippen MR) is 71.1 cm³/mol. The first-order valence-electron chi connectivity index (χ1n) is 6.43. The molecule has 2 atom stereocenters. The molecule has 2 N–H and O–H groups in total. The molecule has 17 heavy (non-hydrogen) atoms. The number of carbonyl (C=O) groups excluding carboxylic acids is 1. The highest BCUT2D eigenvalue weighted by Crippen LogP contribution is 2.07. The van der Waals surface area contributed by atoms with Gasteiger partial charge in [-0.15, -0.1) is 0 Å². The second kappa shape index (κ2) is 7.67. The third kappa shape index (κ3) is 6.64. The zero-order valence-corrected chi connectivity index (χ0v) is 12.1. The molecule has 4 heteroatoms. The average molecular weight is 244 g/mol. The summed E-state index contributed by atoms with van der Waals surface area (Å²) in [6.07, 6.45) is 1.86. The molecule has 0 saturated heterocycles. The molecule has 0 heterocycles. The van der Waals surface area contributed by atoms with Gasteiger partial charge in [-0.2, -0.15) is 0 Å². The fourth-order valence-electron chi connectivity index (χ4n) is 1.44. The Balaban J connectivity index is 4.21. The van der Waals surface area contributed by atoms with Crippen LogP contribution in [0.5, 0.6) is 0 Å². The van der Waals surface area contributed by atoms with Crippen molar-refractivity contribution in [2.45, 2.75) is 65.1 Å². The van der Waals surface area contributed by atoms with E-state index in [0.717, 1.165) is 12.8 Å². The molecule has 0 saturated carbocycles. The third-order valence-corrected chi connectivity index (χ3v) is 3.09. The number of nitrogens with one attached hydrogen (secondary N) is 2. The second-order valence-electron chi connectivity index (χ2n) is 5.18. The normalized spacial score (nSPS) is 15.4. The van der Waals surface area contributed by atoms with Gasteiger partial charge in [0.1, 0.15) is 0 Å². The van der Waals surface area contributed by atoms with Gasteiger partial charge in [0, 0.05) is 18.7 Å². The van der Waals surface area contributed by atoms with Gasteiger partial charge in [0.15, 0.2) is 0 Å². The Morgan fingerprint density at radius 2 is 1.94 bits per heavy atom. The molecule has 0 aromatic rings. The molecule has 2 unspecified atom stereocenters. The quantitative estimate of drug-likeness (QED) is 0.683. The highest BCUT2D eigenvalue weighted by molar-refractivity contribution is 5.82. The molecule has 0 bridgehead atoms. The first kappa shape index (κ1) is 16.4. The maximum absolute atomic E-state index is 12.0. The average Bonchev–Trinajstić information content (AvgIpc) is 2.27. The predicted octanol–water partition coefficient (Wildman–Crippen LogP) is 1.69. The van der Waals surface area contributed by atoms with Gasteiger partial charge in [0.25, 0.3) is 0 Å². The number of hydrogen-bond acceptors (Lipinski definition) is 3. The zero-order valence-electron chi connectivity index (χ0n) is 12.1. The Kier molecular flexibility index (Phi) is 7.39. The number of carbonyl (C=O) groups is 1. The van der Waals surface area contributed by atoms with Crippen LogP contribution >= 0.6 is 0 Å². The molecule has 0 aliphatic heterocycles. The van der Waals surface area contributed by atoms with Crippen molar-refractivity contribution in [2.24, 2.45) is 0 Å². The molecule has 0 rings (SSSR count). The molecule has 4 nitrogen and oxygen atoms in total. The first-order chi connectivity index (χ1) is 7.86. The molecule has 1 amide bonds. The monoisotopic (exact) mass is 244 g/mol. The summed E-state index contributed by atoms with van der Waals surface area (Å²) in [5, 5.41) is 6.31. The van der Waals surface area contributed by atoms with Crippen molar-refractivity contribution >= 4 is 5.91 Å². The summed E-state index contributed by atoms with van der Waals surface area (Å²) in [4.78, 5) is 12.0. The van der Waals surface area contributed by atoms with Crippen LogP contribution in [0, 0.1) is 0 Å². The van der Waals surface area contributed by atoms with E-state index < -0.39 is 0 Å². The first-order valence-corrected chi connectivity index (χ1v) is 6.43. The number of hydrogen-bond donors (Lipinski definition) is 2. The highest BCUT2D eigenvalue weighted by atomic mass is 16.5. The van der Waals surface area contributed by atoms with E-state index in [1.807, 2.05) is 20.8 Å². The van der Waals surface area contributed by atoms with E-state index in [1.54, 1.807) is 7.11 Å². The van der Waals surface area contributed by atoms with Crippen molar-refractivity contribution in [3.63, 3.8) is 0 Å². The Morgan fingerprint density at radius 3 is 2.35 bits per heavy atom. The van der Waals surface area contributed by atoms with Gasteiger partial charge >= 0.3 is 0 Å². The van der Waals surface area contributed by atoms with Crippen LogP contribution in [0.25, 0.3) is 0 Å². The lowest BCUT2D eigenvalue weighted by atomic mass is 10.0. The van der Waals surface area contributed by atoms with Crippen molar-refractivity contribution in [3.05, 3.63) is 0 Å². The van der Waals surface area contributed by atoms with Crippen LogP contribution in [0.3, 0.4) is 0 Å². The van der Waals surface area contributed by atoms with E-state index in [-0.39, 0.29) is 23.5 Å². The van der Waals surface area contributed by atoms with Crippen molar-refractivity contribution in [1.82, 2.24) is 10.6 Å². The van der Waals surface area contributed by atoms with E-state index in [1.165, 1.54) is 0 Å². The summed E-state index contributed by atoms with van der Waals surface area (Å²) < 4.78 is 5.10. The lowest BCUT2D eigenvalue weighted by Gasteiger charge is -2.28. The number of ether oxygens (including phenoxy) is 1. The van der Waals surface area contributed by atoms with Gasteiger partial charge in [-0.25, -0.2) is 0 Å². The lowest BCUT2D eigenvalue weighted by Crippen LogP contribution is -2.53. The Bertz CT molecular complexity index is 229. The molecule has 0 aromatic heterocycles. The van der Waals surface area contributed by atoms with Crippen molar-refractivity contribution in [3.8, 4) is 0 Å². The second-order valence-corrected chi connectivity index (χ2v) is 5.18. The van der Waals surface area contributed by atoms with Crippen LogP contribution in [-0.4, -0.2) is 37.2 Å². The molecule has 0 aromatic carbocycles. The minimum atomic E-state index is -0.194. The van der Waals surface area contributed by atoms with E-state index in [9.17, 15) is 4.79 Å². The third-order valence-electron chi connectivity index (χ3n) is 3.09. The van der Waals surface area contributed by atoms with Crippen molar-refractivity contribution in [2.75, 3.05) is 13.7 Å². The molecule has 0 fully saturated rings. The standard InChI is InChI=1S/C13H28N2O2/c1-7-11(9-17-6)14-10(3)12(16)15-13(4,5)8-2/h10-11,14H,7-9H2,1-6H3,(H,15,16). The highest BCUT2D eigenvalue weighted by Gasteiger charge is 2.22. The van der Waals surface area contributed by atoms with E-state index in [4.69, 9.17) is 4.74 Å². The minimum absolute atomic E-state index is 0.0476. The van der Waals surface area contributed by atoms with Crippen LogP contribution in [-0.2, 0) is 9.53 Å². The SMILES string of the molecule is CCC(COC)NC(C)C(=O)NC(C)(C)CC. The van der Waals surface area contributed by atoms with Gasteiger partial charge in [0.2, 0.25) is 5.91 Å². The Labute approximate surface area is 105 Å². The molecular weight excluding hydrogens is 216 g/mol. The summed E-state index contributed by atoms with van der Waals surface area (Å²) in [7, 11) is 1.68. The molecular formula is C13H28N2O2. The van der Waals surface area contributed by atoms with Crippen LogP contribution in [0.15, 0.2) is 0 Å². The summed E-state index contributed by atoms with van der Waals surface area (Å²) in [6, 6.07) is 0.0337. The van der Waals surface area contributed by atoms with Gasteiger partial charge in [-0.3, -0.25) is 4.79 Å². The number of methoxy groups -OCH3 is 1. The summed E-state index contributed by atoms with van der Waals surface area (Å²) in [6.45, 7) is 10.7. The largest absolute Gasteiger partial charge is 0.383 e. The lowest BCUT2D eigenvalue weighted by molar-refractivity contribution is -0.124. The molecule has 0 spiro atoms. The van der Waals surface area contributed by atoms with Crippen LogP contribution in [0.2, 0.25) is 0 Å². The smallest absolute Gasteiger partial charge is 0.237 e. The van der Waals surface area contributed by atoms with Gasteiger partial charge < -0.3 is 15.4 Å². The number of amides is 1. The summed E-state index contributed by atoms with van der Waals surface area (Å²) >= 11 is 0. The summed E-state index contributed by atoms with van der Waals surface area (Å²) in [5.41, 5.74) is -0.143. The maximum Gasteiger partial charge on any atom is 0.237 e. The fourth-order valence-corrected chi connectivity index (χ4v) is 1.44. The van der Waals surface area contributed by atoms with Crippen LogP contribution in [0.4, 0.5) is 0 Å². The maximum atomic E-state index is 12.0. The van der Waals surface area contributed by atoms with E-state index in [2.05, 4.69) is 24.5 Å². The molecule has 102 valence electrons. The topological polar surface area (TPSA) is 50.4 Å². The van der Waals surface area contributed by atoms with Crippen molar-refractivity contribution in [1.29, 1.82) is 0 Å². The van der Waals surface area contributed by atoms with Crippen LogP contribution in [0.1, 0.15) is 47.5 Å². The molecule has 0 radical (unpaired) electrons. The Morgan fingerprint density at radius 1 is 1.35 bits per heavy atom. The molecule has 0 aliphatic rings. The van der Waals surface area contributed by atoms with Crippen LogP contribution < -0.4 is 10.6 Å². The fraction of sp³-hybridized carbons (Fsp3) is 0.923. The van der Waals surface area contributed by atoms with E-state index in [0.29, 0.717) is 6.61 Å². The minimum Gasteiger partial charge on any atom is -0.383 e. The van der Waals surface area contributed by atoms with Gasteiger partial charge in [0.05, 0.1) is 12.6 Å². The van der Waals surface area contributed by atoms with Crippen molar-refractivity contribution < 1.29 is 9.53 Å². The van der Waals surface area contributed by atoms with Gasteiger partial charge in [-0.1, -0.05) is 13.8 Å².